The van der Waals surface area contributed by atoms with Gasteiger partial charge in [-0.15, -0.1) is 0 Å². The van der Waals surface area contributed by atoms with Gasteiger partial charge in [-0.1, -0.05) is 0 Å². The van der Waals surface area contributed by atoms with E-state index in [4.69, 9.17) is 5.11 Å². The molecule has 0 aliphatic rings. The standard InChI is InChI=1S/C9H16N2O7S/c1-18-9(15)3-2-4-19(16,17)11-5-7(12)10-6-8(13)14/h11H,2-6H2,1H3,(H,10,12)(H,13,14). The van der Waals surface area contributed by atoms with Crippen molar-refractivity contribution < 1.29 is 32.6 Å². The number of aliphatic carboxylic acids is 1. The van der Waals surface area contributed by atoms with Crippen LogP contribution in [-0.2, 0) is 29.1 Å². The molecule has 0 unspecified atom stereocenters. The van der Waals surface area contributed by atoms with Crippen LogP contribution < -0.4 is 10.0 Å². The van der Waals surface area contributed by atoms with Crippen molar-refractivity contribution in [1.82, 2.24) is 10.0 Å². The van der Waals surface area contributed by atoms with E-state index in [9.17, 15) is 22.8 Å². The fraction of sp³-hybridized carbons (Fsp3) is 0.667. The molecule has 0 fully saturated rings. The quantitative estimate of drug-likeness (QED) is 0.421. The molecule has 0 saturated heterocycles. The van der Waals surface area contributed by atoms with Gasteiger partial charge in [-0.05, 0) is 6.42 Å². The molecule has 0 rings (SSSR count). The number of sulfonamides is 1. The molecule has 0 aliphatic carbocycles. The second kappa shape index (κ2) is 8.43. The summed E-state index contributed by atoms with van der Waals surface area (Å²) in [5.74, 6) is -2.82. The lowest BCUT2D eigenvalue weighted by Crippen LogP contribution is -2.39. The van der Waals surface area contributed by atoms with Gasteiger partial charge in [0.25, 0.3) is 0 Å². The van der Waals surface area contributed by atoms with Crippen LogP contribution in [0, 0.1) is 0 Å². The third kappa shape index (κ3) is 9.97. The minimum Gasteiger partial charge on any atom is -0.480 e. The van der Waals surface area contributed by atoms with E-state index in [2.05, 4.69) is 4.74 Å². The number of carboxylic acids is 1. The summed E-state index contributed by atoms with van der Waals surface area (Å²) in [7, 11) is -2.49. The van der Waals surface area contributed by atoms with Crippen molar-refractivity contribution in [1.29, 1.82) is 0 Å². The first kappa shape index (κ1) is 17.3. The maximum atomic E-state index is 11.4. The zero-order valence-corrected chi connectivity index (χ0v) is 11.2. The van der Waals surface area contributed by atoms with Crippen LogP contribution in [0.5, 0.6) is 0 Å². The predicted octanol–water partition coefficient (Wildman–Crippen LogP) is -1.94. The molecule has 0 heterocycles. The summed E-state index contributed by atoms with van der Waals surface area (Å²) < 4.78 is 29.1. The van der Waals surface area contributed by atoms with Gasteiger partial charge in [-0.2, -0.15) is 0 Å². The monoisotopic (exact) mass is 296 g/mol. The van der Waals surface area contributed by atoms with Crippen molar-refractivity contribution in [2.24, 2.45) is 0 Å². The summed E-state index contributed by atoms with van der Waals surface area (Å²) in [6.45, 7) is -1.13. The summed E-state index contributed by atoms with van der Waals surface area (Å²) in [6.07, 6.45) is 0.0291. The molecule has 0 saturated carbocycles. The lowest BCUT2D eigenvalue weighted by molar-refractivity contribution is -0.140. The smallest absolute Gasteiger partial charge is 0.322 e. The van der Waals surface area contributed by atoms with Crippen LogP contribution in [0.2, 0.25) is 0 Å². The molecule has 0 aromatic rings. The summed E-state index contributed by atoms with van der Waals surface area (Å²) in [5.41, 5.74) is 0. The third-order valence-corrected chi connectivity index (χ3v) is 3.32. The summed E-state index contributed by atoms with van der Waals surface area (Å²) in [6, 6.07) is 0. The normalized spacial score (nSPS) is 10.8. The molecule has 1 amide bonds. The zero-order valence-electron chi connectivity index (χ0n) is 10.3. The Kier molecular flexibility index (Phi) is 7.68. The number of ether oxygens (including phenoxy) is 1. The van der Waals surface area contributed by atoms with Gasteiger partial charge >= 0.3 is 11.9 Å². The maximum absolute atomic E-state index is 11.4. The molecular formula is C9H16N2O7S. The zero-order chi connectivity index (χ0) is 14.9. The van der Waals surface area contributed by atoms with Crippen LogP contribution in [0.4, 0.5) is 0 Å². The number of nitrogens with one attached hydrogen (secondary N) is 2. The van der Waals surface area contributed by atoms with E-state index in [0.717, 1.165) is 0 Å². The van der Waals surface area contributed by atoms with Crippen LogP contribution in [-0.4, -0.2) is 57.3 Å². The second-order valence-electron chi connectivity index (χ2n) is 3.49. The molecule has 0 aromatic heterocycles. The minimum absolute atomic E-state index is 0.0391. The van der Waals surface area contributed by atoms with Gasteiger partial charge in [-0.3, -0.25) is 14.4 Å². The molecule has 19 heavy (non-hydrogen) atoms. The molecular weight excluding hydrogens is 280 g/mol. The molecule has 0 radical (unpaired) electrons. The number of carboxylic acid groups (broad SMARTS) is 1. The molecule has 0 spiro atoms. The van der Waals surface area contributed by atoms with E-state index >= 15 is 0 Å². The van der Waals surface area contributed by atoms with Crippen LogP contribution in [0.25, 0.3) is 0 Å². The lowest BCUT2D eigenvalue weighted by atomic mass is 10.3. The number of hydrogen-bond acceptors (Lipinski definition) is 6. The fourth-order valence-electron chi connectivity index (χ4n) is 0.993. The summed E-state index contributed by atoms with van der Waals surface area (Å²) in [4.78, 5) is 31.9. The van der Waals surface area contributed by atoms with E-state index in [0.29, 0.717) is 0 Å². The van der Waals surface area contributed by atoms with Crippen molar-refractivity contribution in [3.63, 3.8) is 0 Å². The number of carbonyl (C=O) groups excluding carboxylic acids is 2. The molecule has 9 nitrogen and oxygen atoms in total. The van der Waals surface area contributed by atoms with E-state index in [1.54, 1.807) is 0 Å². The number of rotatable bonds is 9. The van der Waals surface area contributed by atoms with Crippen LogP contribution in [0.1, 0.15) is 12.8 Å². The summed E-state index contributed by atoms with van der Waals surface area (Å²) >= 11 is 0. The largest absolute Gasteiger partial charge is 0.480 e. The van der Waals surface area contributed by atoms with Crippen molar-refractivity contribution in [2.45, 2.75) is 12.8 Å². The average molecular weight is 296 g/mol. The molecule has 110 valence electrons. The molecule has 0 atom stereocenters. The highest BCUT2D eigenvalue weighted by Gasteiger charge is 2.13. The first-order valence-corrected chi connectivity index (χ1v) is 6.94. The molecule has 0 aromatic carbocycles. The Morgan fingerprint density at radius 1 is 1.21 bits per heavy atom. The number of methoxy groups -OCH3 is 1. The minimum atomic E-state index is -3.69. The number of amides is 1. The second-order valence-corrected chi connectivity index (χ2v) is 5.42. The highest BCUT2D eigenvalue weighted by molar-refractivity contribution is 7.89. The van der Waals surface area contributed by atoms with Crippen molar-refractivity contribution in [3.05, 3.63) is 0 Å². The van der Waals surface area contributed by atoms with Gasteiger partial charge in [0, 0.05) is 6.42 Å². The maximum Gasteiger partial charge on any atom is 0.322 e. The Hall–Kier alpha value is -1.68. The van der Waals surface area contributed by atoms with Gasteiger partial charge in [0.2, 0.25) is 15.9 Å². The van der Waals surface area contributed by atoms with Crippen molar-refractivity contribution in [3.8, 4) is 0 Å². The SMILES string of the molecule is COC(=O)CCCS(=O)(=O)NCC(=O)NCC(=O)O. The first-order valence-electron chi connectivity index (χ1n) is 5.29. The van der Waals surface area contributed by atoms with E-state index in [1.165, 1.54) is 7.11 Å². The van der Waals surface area contributed by atoms with E-state index < -0.39 is 41.0 Å². The van der Waals surface area contributed by atoms with Crippen molar-refractivity contribution in [2.75, 3.05) is 26.0 Å². The van der Waals surface area contributed by atoms with Gasteiger partial charge in [0.15, 0.2) is 0 Å². The highest BCUT2D eigenvalue weighted by Crippen LogP contribution is 1.96. The van der Waals surface area contributed by atoms with Crippen LogP contribution >= 0.6 is 0 Å². The van der Waals surface area contributed by atoms with Crippen LogP contribution in [0.15, 0.2) is 0 Å². The average Bonchev–Trinajstić information content (AvgIpc) is 2.33. The van der Waals surface area contributed by atoms with Gasteiger partial charge in [0.1, 0.15) is 6.54 Å². The fourth-order valence-corrected chi connectivity index (χ4v) is 2.01. The Labute approximate surface area is 110 Å². The summed E-state index contributed by atoms with van der Waals surface area (Å²) in [5, 5.41) is 10.3. The van der Waals surface area contributed by atoms with Crippen molar-refractivity contribution >= 4 is 27.9 Å². The number of carbonyl (C=O) groups is 3. The van der Waals surface area contributed by atoms with Gasteiger partial charge in [0.05, 0.1) is 19.4 Å². The van der Waals surface area contributed by atoms with E-state index in [-0.39, 0.29) is 18.6 Å². The topological polar surface area (TPSA) is 139 Å². The van der Waals surface area contributed by atoms with Gasteiger partial charge < -0.3 is 15.2 Å². The Morgan fingerprint density at radius 3 is 2.37 bits per heavy atom. The number of hydrogen-bond donors (Lipinski definition) is 3. The first-order chi connectivity index (χ1) is 8.76. The highest BCUT2D eigenvalue weighted by atomic mass is 32.2. The van der Waals surface area contributed by atoms with E-state index in [1.807, 2.05) is 10.0 Å². The molecule has 0 bridgehead atoms. The Morgan fingerprint density at radius 2 is 1.84 bits per heavy atom. The van der Waals surface area contributed by atoms with Crippen LogP contribution in [0.3, 0.4) is 0 Å². The molecule has 3 N–H and O–H groups in total. The number of esters is 1. The lowest BCUT2D eigenvalue weighted by Gasteiger charge is -2.06. The third-order valence-electron chi connectivity index (χ3n) is 1.91. The predicted molar refractivity (Wildman–Crippen MR) is 63.7 cm³/mol. The Balaban J connectivity index is 3.93. The molecule has 0 aliphatic heterocycles. The Bertz CT molecular complexity index is 432. The molecule has 10 heteroatoms. The van der Waals surface area contributed by atoms with Gasteiger partial charge in [-0.25, -0.2) is 13.1 Å².